The number of esters is 1. The maximum atomic E-state index is 11.5. The van der Waals surface area contributed by atoms with Gasteiger partial charge in [0.05, 0.1) is 0 Å². The molecular formula is C11H16N4O4. The fourth-order valence-corrected chi connectivity index (χ4v) is 1.29. The minimum absolute atomic E-state index is 0.108. The summed E-state index contributed by atoms with van der Waals surface area (Å²) < 4.78 is 4.71. The van der Waals surface area contributed by atoms with Crippen molar-refractivity contribution in [2.75, 3.05) is 13.7 Å². The Balaban J connectivity index is 2.42. The molecule has 1 rings (SSSR count). The molecule has 8 heteroatoms. The number of aromatic amines is 1. The summed E-state index contributed by atoms with van der Waals surface area (Å²) in [6.07, 6.45) is 1.70. The van der Waals surface area contributed by atoms with E-state index in [0.717, 1.165) is 18.5 Å². The Hall–Kier alpha value is -2.38. The first-order valence-electron chi connectivity index (χ1n) is 5.79. The molecule has 8 nitrogen and oxygen atoms in total. The average Bonchev–Trinajstić information content (AvgIpc) is 2.85. The van der Waals surface area contributed by atoms with Gasteiger partial charge in [-0.15, -0.1) is 0 Å². The lowest BCUT2D eigenvalue weighted by molar-refractivity contribution is -0.123. The molecule has 104 valence electrons. The molecule has 19 heavy (non-hydrogen) atoms. The lowest BCUT2D eigenvalue weighted by atomic mass is 10.2. The van der Waals surface area contributed by atoms with Crippen LogP contribution in [-0.4, -0.2) is 41.8 Å². The Morgan fingerprint density at radius 1 is 1.42 bits per heavy atom. The van der Waals surface area contributed by atoms with E-state index in [1.165, 1.54) is 7.05 Å². The molecule has 0 saturated carbocycles. The highest BCUT2D eigenvalue weighted by atomic mass is 16.5. The van der Waals surface area contributed by atoms with Crippen LogP contribution in [0.3, 0.4) is 0 Å². The molecule has 3 N–H and O–H groups in total. The third kappa shape index (κ3) is 4.78. The largest absolute Gasteiger partial charge is 0.451 e. The van der Waals surface area contributed by atoms with Crippen LogP contribution in [0, 0.1) is 0 Å². The number of carbonyl (C=O) groups excluding carboxylic acids is 3. The van der Waals surface area contributed by atoms with Crippen LogP contribution in [0.1, 0.15) is 29.5 Å². The zero-order valence-electron chi connectivity index (χ0n) is 10.8. The quantitative estimate of drug-likeness (QED) is 0.649. The third-order valence-electron chi connectivity index (χ3n) is 2.17. The number of urea groups is 1. The minimum atomic E-state index is -0.717. The summed E-state index contributed by atoms with van der Waals surface area (Å²) in [6, 6.07) is 0.911. The first kappa shape index (κ1) is 14.7. The predicted molar refractivity (Wildman–Crippen MR) is 65.5 cm³/mol. The van der Waals surface area contributed by atoms with E-state index in [0.29, 0.717) is 0 Å². The molecule has 0 unspecified atom stereocenters. The molecule has 0 aliphatic carbocycles. The average molecular weight is 268 g/mol. The molecule has 0 bridgehead atoms. The van der Waals surface area contributed by atoms with Gasteiger partial charge in [-0.05, 0) is 12.5 Å². The molecule has 1 aromatic rings. The summed E-state index contributed by atoms with van der Waals surface area (Å²) in [6.45, 7) is 1.46. The molecule has 0 aromatic carbocycles. The smallest absolute Gasteiger partial charge is 0.359 e. The Morgan fingerprint density at radius 3 is 2.79 bits per heavy atom. The summed E-state index contributed by atoms with van der Waals surface area (Å²) in [5, 5.41) is 10.7. The number of aryl methyl sites for hydroxylation is 1. The highest BCUT2D eigenvalue weighted by Gasteiger charge is 2.14. The Kier molecular flexibility index (Phi) is 5.52. The molecule has 1 heterocycles. The van der Waals surface area contributed by atoms with E-state index in [4.69, 9.17) is 4.74 Å². The molecule has 0 saturated heterocycles. The molecule has 0 spiro atoms. The maximum absolute atomic E-state index is 11.5. The predicted octanol–water partition coefficient (Wildman–Crippen LogP) is -0.0254. The van der Waals surface area contributed by atoms with Crippen LogP contribution in [0.5, 0.6) is 0 Å². The van der Waals surface area contributed by atoms with Crippen LogP contribution < -0.4 is 10.6 Å². The van der Waals surface area contributed by atoms with Crippen molar-refractivity contribution in [2.45, 2.75) is 19.8 Å². The highest BCUT2D eigenvalue weighted by Crippen LogP contribution is 2.03. The highest BCUT2D eigenvalue weighted by molar-refractivity contribution is 5.96. The lowest BCUT2D eigenvalue weighted by Crippen LogP contribution is -2.39. The van der Waals surface area contributed by atoms with Gasteiger partial charge in [-0.2, -0.15) is 5.10 Å². The van der Waals surface area contributed by atoms with Crippen LogP contribution in [-0.2, 0) is 16.0 Å². The molecule has 1 aromatic heterocycles. The first-order chi connectivity index (χ1) is 9.06. The van der Waals surface area contributed by atoms with Crippen molar-refractivity contribution in [3.8, 4) is 0 Å². The molecule has 3 amide bonds. The fourth-order valence-electron chi connectivity index (χ4n) is 1.29. The number of imide groups is 1. The van der Waals surface area contributed by atoms with E-state index in [1.54, 1.807) is 6.07 Å². The summed E-state index contributed by atoms with van der Waals surface area (Å²) in [5.74, 6) is -1.43. The molecule has 0 aliphatic heterocycles. The van der Waals surface area contributed by atoms with Crippen molar-refractivity contribution in [2.24, 2.45) is 0 Å². The Bertz CT molecular complexity index is 469. The van der Waals surface area contributed by atoms with Gasteiger partial charge in [0.1, 0.15) is 0 Å². The molecule has 0 radical (unpaired) electrons. The van der Waals surface area contributed by atoms with Crippen LogP contribution in [0.2, 0.25) is 0 Å². The topological polar surface area (TPSA) is 113 Å². The SMILES string of the molecule is CCCc1cc(C(=O)OCC(=O)NC(=O)NC)n[nH]1. The van der Waals surface area contributed by atoms with Gasteiger partial charge in [0.15, 0.2) is 12.3 Å². The number of hydrogen-bond acceptors (Lipinski definition) is 5. The third-order valence-corrected chi connectivity index (χ3v) is 2.17. The molecule has 0 fully saturated rings. The number of nitrogens with one attached hydrogen (secondary N) is 3. The van der Waals surface area contributed by atoms with Gasteiger partial charge < -0.3 is 10.1 Å². The molecule has 0 atom stereocenters. The van der Waals surface area contributed by atoms with Crippen molar-refractivity contribution in [3.05, 3.63) is 17.5 Å². The summed E-state index contributed by atoms with van der Waals surface area (Å²) in [4.78, 5) is 33.5. The lowest BCUT2D eigenvalue weighted by Gasteiger charge is -2.03. The zero-order valence-corrected chi connectivity index (χ0v) is 10.8. The van der Waals surface area contributed by atoms with Gasteiger partial charge in [0, 0.05) is 12.7 Å². The second-order valence-electron chi connectivity index (χ2n) is 3.73. The van der Waals surface area contributed by atoms with Gasteiger partial charge in [-0.3, -0.25) is 15.2 Å². The van der Waals surface area contributed by atoms with Gasteiger partial charge in [-0.1, -0.05) is 13.3 Å². The van der Waals surface area contributed by atoms with E-state index in [-0.39, 0.29) is 5.69 Å². The van der Waals surface area contributed by atoms with Crippen molar-refractivity contribution < 1.29 is 19.1 Å². The minimum Gasteiger partial charge on any atom is -0.451 e. The van der Waals surface area contributed by atoms with Crippen LogP contribution in [0.15, 0.2) is 6.07 Å². The van der Waals surface area contributed by atoms with E-state index >= 15 is 0 Å². The van der Waals surface area contributed by atoms with Crippen molar-refractivity contribution in [1.29, 1.82) is 0 Å². The Morgan fingerprint density at radius 2 is 2.16 bits per heavy atom. The number of hydrogen-bond donors (Lipinski definition) is 3. The van der Waals surface area contributed by atoms with E-state index in [9.17, 15) is 14.4 Å². The number of rotatable bonds is 5. The van der Waals surface area contributed by atoms with Gasteiger partial charge in [0.2, 0.25) is 0 Å². The maximum Gasteiger partial charge on any atom is 0.359 e. The number of amides is 3. The molecule has 0 aliphatic rings. The molecular weight excluding hydrogens is 252 g/mol. The number of nitrogens with zero attached hydrogens (tertiary/aromatic N) is 1. The first-order valence-corrected chi connectivity index (χ1v) is 5.79. The zero-order chi connectivity index (χ0) is 14.3. The van der Waals surface area contributed by atoms with Gasteiger partial charge in [-0.25, -0.2) is 9.59 Å². The summed E-state index contributed by atoms with van der Waals surface area (Å²) in [7, 11) is 1.37. The summed E-state index contributed by atoms with van der Waals surface area (Å²) in [5.41, 5.74) is 0.931. The monoisotopic (exact) mass is 268 g/mol. The van der Waals surface area contributed by atoms with E-state index in [2.05, 4.69) is 15.5 Å². The van der Waals surface area contributed by atoms with Gasteiger partial charge >= 0.3 is 12.0 Å². The second-order valence-corrected chi connectivity index (χ2v) is 3.73. The normalized spacial score (nSPS) is 9.79. The van der Waals surface area contributed by atoms with Crippen molar-refractivity contribution >= 4 is 17.9 Å². The summed E-state index contributed by atoms with van der Waals surface area (Å²) >= 11 is 0. The van der Waals surface area contributed by atoms with Crippen molar-refractivity contribution in [1.82, 2.24) is 20.8 Å². The van der Waals surface area contributed by atoms with Crippen molar-refractivity contribution in [3.63, 3.8) is 0 Å². The van der Waals surface area contributed by atoms with Crippen LogP contribution >= 0.6 is 0 Å². The fraction of sp³-hybridized carbons (Fsp3) is 0.455. The number of H-pyrrole nitrogens is 1. The number of carbonyl (C=O) groups is 3. The number of ether oxygens (including phenoxy) is 1. The standard InChI is InChI=1S/C11H16N4O4/c1-3-4-7-5-8(15-14-7)10(17)19-6-9(16)13-11(18)12-2/h5H,3-4,6H2,1-2H3,(H,14,15)(H2,12,13,16,18). The number of aromatic nitrogens is 2. The Labute approximate surface area is 109 Å². The van der Waals surface area contributed by atoms with Crippen LogP contribution in [0.4, 0.5) is 4.79 Å². The van der Waals surface area contributed by atoms with Gasteiger partial charge in [0.25, 0.3) is 5.91 Å². The van der Waals surface area contributed by atoms with Crippen LogP contribution in [0.25, 0.3) is 0 Å². The van der Waals surface area contributed by atoms with E-state index < -0.39 is 24.5 Å². The second kappa shape index (κ2) is 7.14. The van der Waals surface area contributed by atoms with E-state index in [1.807, 2.05) is 12.2 Å².